The smallest absolute Gasteiger partial charge is 0.261 e. The third kappa shape index (κ3) is 6.14. The summed E-state index contributed by atoms with van der Waals surface area (Å²) in [7, 11) is -1.87. The zero-order valence-electron chi connectivity index (χ0n) is 19.6. The maximum Gasteiger partial charge on any atom is 0.261 e. The van der Waals surface area contributed by atoms with Crippen molar-refractivity contribution in [1.82, 2.24) is 5.32 Å². The molecule has 0 aliphatic rings. The summed E-state index contributed by atoms with van der Waals surface area (Å²) in [5.74, 6) is 0.229. The van der Waals surface area contributed by atoms with Gasteiger partial charge in [-0.15, -0.1) is 0 Å². The van der Waals surface area contributed by atoms with Gasteiger partial charge in [0.15, 0.2) is 6.10 Å². The predicted molar refractivity (Wildman–Crippen MR) is 132 cm³/mol. The fraction of sp³-hybridized carbons (Fsp3) is 0.269. The van der Waals surface area contributed by atoms with Gasteiger partial charge in [0.05, 0.1) is 18.0 Å². The summed E-state index contributed by atoms with van der Waals surface area (Å²) in [6.07, 6.45) is 0.392. The molecule has 0 fully saturated rings. The largest absolute Gasteiger partial charge is 0.481 e. The van der Waals surface area contributed by atoms with Crippen LogP contribution < -0.4 is 14.4 Å². The lowest BCUT2D eigenvalue weighted by Gasteiger charge is -2.24. The maximum atomic E-state index is 13.1. The summed E-state index contributed by atoms with van der Waals surface area (Å²) in [4.78, 5) is 13.1. The van der Waals surface area contributed by atoms with Crippen LogP contribution in [0.4, 0.5) is 5.69 Å². The summed E-state index contributed by atoms with van der Waals surface area (Å²) >= 11 is 0. The third-order valence-corrected chi connectivity index (χ3v) is 6.74. The highest BCUT2D eigenvalue weighted by Gasteiger charge is 2.23. The Morgan fingerprint density at radius 3 is 2.18 bits per heavy atom. The summed E-state index contributed by atoms with van der Waals surface area (Å²) in [5, 5.41) is 3.13. The normalized spacial score (nSPS) is 13.1. The molecule has 2 unspecified atom stereocenters. The van der Waals surface area contributed by atoms with Crippen LogP contribution in [-0.2, 0) is 14.8 Å². The van der Waals surface area contributed by atoms with Crippen LogP contribution in [0.15, 0.2) is 72.8 Å². The first-order valence-electron chi connectivity index (χ1n) is 10.7. The van der Waals surface area contributed by atoms with Crippen LogP contribution in [0, 0.1) is 13.8 Å². The van der Waals surface area contributed by atoms with E-state index in [-0.39, 0.29) is 11.9 Å². The first-order valence-corrected chi connectivity index (χ1v) is 12.5. The minimum Gasteiger partial charge on any atom is -0.481 e. The highest BCUT2D eigenvalue weighted by atomic mass is 32.2. The number of benzene rings is 3. The molecule has 3 aromatic rings. The average molecular weight is 467 g/mol. The molecule has 0 bridgehead atoms. The van der Waals surface area contributed by atoms with Gasteiger partial charge in [0.1, 0.15) is 5.75 Å². The Hall–Kier alpha value is -3.32. The number of anilines is 1. The van der Waals surface area contributed by atoms with Gasteiger partial charge in [-0.3, -0.25) is 9.10 Å². The van der Waals surface area contributed by atoms with Crippen LogP contribution >= 0.6 is 0 Å². The van der Waals surface area contributed by atoms with E-state index in [2.05, 4.69) is 11.4 Å². The number of hydrogen-bond acceptors (Lipinski definition) is 4. The lowest BCUT2D eigenvalue weighted by Crippen LogP contribution is -2.39. The number of aryl methyl sites for hydroxylation is 2. The van der Waals surface area contributed by atoms with E-state index in [0.29, 0.717) is 11.4 Å². The van der Waals surface area contributed by atoms with Crippen molar-refractivity contribution in [2.45, 2.75) is 32.9 Å². The summed E-state index contributed by atoms with van der Waals surface area (Å²) < 4.78 is 30.4. The summed E-state index contributed by atoms with van der Waals surface area (Å²) in [5.41, 5.74) is 4.79. The monoisotopic (exact) mass is 466 g/mol. The van der Waals surface area contributed by atoms with E-state index in [0.717, 1.165) is 28.5 Å². The molecular weight excluding hydrogens is 436 g/mol. The van der Waals surface area contributed by atoms with Crippen LogP contribution in [-0.4, -0.2) is 33.7 Å². The molecular formula is C26H30N2O4S. The first kappa shape index (κ1) is 24.3. The van der Waals surface area contributed by atoms with E-state index >= 15 is 0 Å². The number of rotatable bonds is 8. The van der Waals surface area contributed by atoms with Gasteiger partial charge in [-0.05, 0) is 61.7 Å². The van der Waals surface area contributed by atoms with E-state index in [1.54, 1.807) is 31.2 Å². The Kier molecular flexibility index (Phi) is 7.43. The lowest BCUT2D eigenvalue weighted by atomic mass is 9.93. The van der Waals surface area contributed by atoms with Gasteiger partial charge >= 0.3 is 0 Å². The number of sulfonamides is 1. The van der Waals surface area contributed by atoms with Crippen molar-refractivity contribution in [2.75, 3.05) is 17.6 Å². The molecule has 0 radical (unpaired) electrons. The molecule has 6 nitrogen and oxygen atoms in total. The maximum absolute atomic E-state index is 13.1. The number of carbonyl (C=O) groups excluding carboxylic acids is 1. The molecule has 174 valence electrons. The highest BCUT2D eigenvalue weighted by molar-refractivity contribution is 7.92. The Morgan fingerprint density at radius 1 is 0.970 bits per heavy atom. The fourth-order valence-corrected chi connectivity index (χ4v) is 4.08. The minimum absolute atomic E-state index is 0.249. The van der Waals surface area contributed by atoms with Gasteiger partial charge in [-0.25, -0.2) is 8.42 Å². The second-order valence-electron chi connectivity index (χ2n) is 8.20. The van der Waals surface area contributed by atoms with Crippen molar-refractivity contribution < 1.29 is 17.9 Å². The molecule has 0 heterocycles. The Balaban J connectivity index is 1.77. The topological polar surface area (TPSA) is 75.7 Å². The van der Waals surface area contributed by atoms with Crippen LogP contribution in [0.2, 0.25) is 0 Å². The molecule has 0 saturated carbocycles. The predicted octanol–water partition coefficient (Wildman–Crippen LogP) is 4.37. The molecule has 3 rings (SSSR count). The van der Waals surface area contributed by atoms with Crippen molar-refractivity contribution in [2.24, 2.45) is 0 Å². The molecule has 33 heavy (non-hydrogen) atoms. The van der Waals surface area contributed by atoms with Crippen molar-refractivity contribution in [3.63, 3.8) is 0 Å². The fourth-order valence-electron chi connectivity index (χ4n) is 3.58. The van der Waals surface area contributed by atoms with Crippen LogP contribution in [0.5, 0.6) is 5.75 Å². The van der Waals surface area contributed by atoms with Crippen molar-refractivity contribution >= 4 is 21.6 Å². The number of carbonyl (C=O) groups is 1. The van der Waals surface area contributed by atoms with Crippen molar-refractivity contribution in [3.8, 4) is 5.75 Å². The minimum atomic E-state index is -3.35. The molecule has 2 atom stereocenters. The van der Waals surface area contributed by atoms with E-state index in [1.165, 1.54) is 11.4 Å². The van der Waals surface area contributed by atoms with Gasteiger partial charge in [0.2, 0.25) is 10.0 Å². The highest BCUT2D eigenvalue weighted by Crippen LogP contribution is 2.26. The van der Waals surface area contributed by atoms with Crippen LogP contribution in [0.1, 0.15) is 35.2 Å². The van der Waals surface area contributed by atoms with Gasteiger partial charge in [0, 0.05) is 7.05 Å². The molecule has 0 aromatic heterocycles. The van der Waals surface area contributed by atoms with Crippen LogP contribution in [0.3, 0.4) is 0 Å². The average Bonchev–Trinajstić information content (AvgIpc) is 2.77. The number of nitrogens with one attached hydrogen (secondary N) is 1. The molecule has 1 amide bonds. The number of amides is 1. The molecule has 7 heteroatoms. The Bertz CT molecular complexity index is 1210. The molecule has 0 saturated heterocycles. The van der Waals surface area contributed by atoms with Gasteiger partial charge in [0.25, 0.3) is 5.91 Å². The zero-order chi connectivity index (χ0) is 24.2. The molecule has 1 N–H and O–H groups in total. The molecule has 0 aliphatic heterocycles. The van der Waals surface area contributed by atoms with Crippen molar-refractivity contribution in [3.05, 3.63) is 95.1 Å². The quantitative estimate of drug-likeness (QED) is 0.535. The van der Waals surface area contributed by atoms with E-state index in [9.17, 15) is 13.2 Å². The van der Waals surface area contributed by atoms with Crippen LogP contribution in [0.25, 0.3) is 0 Å². The third-order valence-electron chi connectivity index (χ3n) is 5.54. The molecule has 0 spiro atoms. The molecule has 3 aromatic carbocycles. The standard InChI is InChI=1S/C26H30N2O4S/c1-18-11-16-24(19(2)17-18)25(21-9-7-6-8-10-21)27-26(29)20(3)32-23-14-12-22(13-15-23)28(4)33(5,30)31/h6-17,20,25H,1-5H3,(H,27,29). The van der Waals surface area contributed by atoms with Crippen molar-refractivity contribution in [1.29, 1.82) is 0 Å². The summed E-state index contributed by atoms with van der Waals surface area (Å²) in [6, 6.07) is 22.3. The number of hydrogen-bond donors (Lipinski definition) is 1. The lowest BCUT2D eigenvalue weighted by molar-refractivity contribution is -0.127. The Labute approximate surface area is 196 Å². The van der Waals surface area contributed by atoms with E-state index < -0.39 is 16.1 Å². The number of nitrogens with zero attached hydrogens (tertiary/aromatic N) is 1. The van der Waals surface area contributed by atoms with Gasteiger partial charge in [-0.2, -0.15) is 0 Å². The Morgan fingerprint density at radius 2 is 1.61 bits per heavy atom. The number of ether oxygens (including phenoxy) is 1. The van der Waals surface area contributed by atoms with E-state index in [4.69, 9.17) is 4.74 Å². The first-order chi connectivity index (χ1) is 15.6. The second-order valence-corrected chi connectivity index (χ2v) is 10.2. The van der Waals surface area contributed by atoms with Gasteiger partial charge < -0.3 is 10.1 Å². The second kappa shape index (κ2) is 10.1. The summed E-state index contributed by atoms with van der Waals surface area (Å²) in [6.45, 7) is 5.77. The zero-order valence-corrected chi connectivity index (χ0v) is 20.4. The van der Waals surface area contributed by atoms with E-state index in [1.807, 2.05) is 56.3 Å². The van der Waals surface area contributed by atoms with Gasteiger partial charge in [-0.1, -0.05) is 54.1 Å². The SMILES string of the molecule is Cc1ccc(C(NC(=O)C(C)Oc2ccc(N(C)S(C)(=O)=O)cc2)c2ccccc2)c(C)c1. The molecule has 0 aliphatic carbocycles.